The molecule has 0 N–H and O–H groups in total. The van der Waals surface area contributed by atoms with Crippen LogP contribution in [0.2, 0.25) is 5.04 Å². The van der Waals surface area contributed by atoms with Crippen LogP contribution in [0.25, 0.3) is 0 Å². The highest BCUT2D eigenvalue weighted by Gasteiger charge is 2.56. The molecule has 0 bridgehead atoms. The maximum Gasteiger partial charge on any atom is 0.261 e. The minimum atomic E-state index is -2.93. The summed E-state index contributed by atoms with van der Waals surface area (Å²) in [7, 11) is 8.30. The number of methoxy groups -OCH3 is 7. The van der Waals surface area contributed by atoms with Gasteiger partial charge in [0.05, 0.1) is 13.2 Å². The van der Waals surface area contributed by atoms with Crippen LogP contribution < -0.4 is 10.4 Å². The van der Waals surface area contributed by atoms with Crippen LogP contribution in [0, 0.1) is 0 Å². The normalized spacial score (nSPS) is 30.8. The molecule has 0 saturated carbocycles. The van der Waals surface area contributed by atoms with E-state index in [1.54, 1.807) is 49.8 Å². The highest BCUT2D eigenvalue weighted by molar-refractivity contribution is 6.99. The lowest BCUT2D eigenvalue weighted by Gasteiger charge is -2.48. The summed E-state index contributed by atoms with van der Waals surface area (Å²) in [5.41, 5.74) is 0. The highest BCUT2D eigenvalue weighted by atomic mass is 28.4. The molecule has 0 spiro atoms. The average Bonchev–Trinajstić information content (AvgIpc) is 3.44. The molecule has 2 saturated heterocycles. The van der Waals surface area contributed by atoms with Crippen molar-refractivity contribution >= 4 is 18.7 Å². The van der Waals surface area contributed by atoms with Crippen LogP contribution in [0.5, 0.6) is 0 Å². The minimum Gasteiger partial charge on any atom is -0.405 e. The molecule has 2 aromatic carbocycles. The fraction of sp³-hybridized carbons (Fsp3) is 0.657. The Bertz CT molecular complexity index is 1140. The van der Waals surface area contributed by atoms with Gasteiger partial charge in [-0.05, 0) is 15.4 Å². The van der Waals surface area contributed by atoms with Crippen LogP contribution in [0.3, 0.4) is 0 Å². The second kappa shape index (κ2) is 17.2. The quantitative estimate of drug-likeness (QED) is 0.245. The van der Waals surface area contributed by atoms with Gasteiger partial charge >= 0.3 is 0 Å². The number of ether oxygens (including phenoxy) is 10. The van der Waals surface area contributed by atoms with Crippen molar-refractivity contribution in [2.45, 2.75) is 87.2 Å². The second-order valence-corrected chi connectivity index (χ2v) is 17.2. The van der Waals surface area contributed by atoms with Crippen molar-refractivity contribution in [3.63, 3.8) is 0 Å². The van der Waals surface area contributed by atoms with Gasteiger partial charge in [-0.1, -0.05) is 81.4 Å². The highest BCUT2D eigenvalue weighted by Crippen LogP contribution is 2.39. The maximum absolute atomic E-state index is 7.31. The molecule has 2 fully saturated rings. The molecular weight excluding hydrogens is 624 g/mol. The Kier molecular flexibility index (Phi) is 13.9. The lowest BCUT2D eigenvalue weighted by Crippen LogP contribution is -2.68. The molecule has 2 heterocycles. The smallest absolute Gasteiger partial charge is 0.261 e. The molecule has 0 aromatic heterocycles. The lowest BCUT2D eigenvalue weighted by molar-refractivity contribution is -0.332. The van der Waals surface area contributed by atoms with E-state index >= 15 is 0 Å². The van der Waals surface area contributed by atoms with Crippen molar-refractivity contribution < 1.29 is 51.8 Å². The molecule has 2 aromatic rings. The number of benzene rings is 2. The zero-order valence-electron chi connectivity index (χ0n) is 29.5. The van der Waals surface area contributed by atoms with Crippen LogP contribution >= 0.6 is 0 Å². The van der Waals surface area contributed by atoms with Crippen LogP contribution in [0.15, 0.2) is 60.7 Å². The van der Waals surface area contributed by atoms with Crippen molar-refractivity contribution in [3.8, 4) is 0 Å². The number of hydrogen-bond donors (Lipinski definition) is 0. The SMILES string of the molecule is COC[C@@H](OC)[C@H]1O[C@H](O[C@H]2[C@H](OC)[C@@H](OC)[C@@H](OC)O[C@@H]2CO[Si](c2ccccc2)(c2ccccc2)C(C)(C)C)[C@@H](OC)[C@H]1OC. The summed E-state index contributed by atoms with van der Waals surface area (Å²) in [4.78, 5) is 0. The Labute approximate surface area is 281 Å². The van der Waals surface area contributed by atoms with Gasteiger partial charge in [-0.15, -0.1) is 0 Å². The van der Waals surface area contributed by atoms with E-state index in [9.17, 15) is 0 Å². The fourth-order valence-electron chi connectivity index (χ4n) is 7.04. The van der Waals surface area contributed by atoms with Gasteiger partial charge < -0.3 is 51.8 Å². The standard InChI is InChI=1S/C35H54O11Si/c1-35(2,3)47(23-17-13-11-14-18-23,24-19-15-12-16-20-24)43-22-26-28(30(39-7)31(40-8)33(42-10)44-26)46-34-32(41-9)29(38-6)27(45-34)25(37-5)21-36-4/h11-20,25-34H,21-22H2,1-10H3/t25-,26-,27-,28-,29+,30+,31-,32+,33+,34-/m1/s1. The summed E-state index contributed by atoms with van der Waals surface area (Å²) in [6, 6.07) is 20.9. The Balaban J connectivity index is 1.74. The van der Waals surface area contributed by atoms with Gasteiger partial charge in [0.25, 0.3) is 8.32 Å². The maximum atomic E-state index is 7.31. The molecule has 0 aliphatic carbocycles. The Morgan fingerprint density at radius 3 is 1.62 bits per heavy atom. The molecule has 4 rings (SSSR count). The van der Waals surface area contributed by atoms with E-state index in [-0.39, 0.29) is 11.6 Å². The molecule has 11 nitrogen and oxygen atoms in total. The molecule has 47 heavy (non-hydrogen) atoms. The second-order valence-electron chi connectivity index (χ2n) is 12.9. The van der Waals surface area contributed by atoms with E-state index in [4.69, 9.17) is 51.8 Å². The molecule has 12 heteroatoms. The summed E-state index contributed by atoms with van der Waals surface area (Å²) in [5, 5.41) is 2.06. The first-order valence-corrected chi connectivity index (χ1v) is 17.9. The number of rotatable bonds is 16. The molecule has 0 amide bonds. The van der Waals surface area contributed by atoms with Crippen LogP contribution in [-0.2, 0) is 51.8 Å². The van der Waals surface area contributed by atoms with Gasteiger partial charge in [0.1, 0.15) is 48.8 Å². The molecule has 0 unspecified atom stereocenters. The third-order valence-corrected chi connectivity index (χ3v) is 14.3. The third-order valence-electron chi connectivity index (χ3n) is 9.29. The molecule has 2 aliphatic heterocycles. The average molecular weight is 679 g/mol. The van der Waals surface area contributed by atoms with E-state index in [2.05, 4.69) is 69.3 Å². The third kappa shape index (κ3) is 7.85. The Morgan fingerprint density at radius 2 is 1.17 bits per heavy atom. The monoisotopic (exact) mass is 678 g/mol. The van der Waals surface area contributed by atoms with E-state index in [0.717, 1.165) is 10.4 Å². The Hall–Kier alpha value is -1.78. The predicted octanol–water partition coefficient (Wildman–Crippen LogP) is 2.77. The molecular formula is C35H54O11Si. The lowest BCUT2D eigenvalue weighted by atomic mass is 9.98. The zero-order valence-corrected chi connectivity index (χ0v) is 30.5. The van der Waals surface area contributed by atoms with E-state index in [1.807, 2.05) is 12.1 Å². The largest absolute Gasteiger partial charge is 0.405 e. The summed E-state index contributed by atoms with van der Waals surface area (Å²) < 4.78 is 67.8. The van der Waals surface area contributed by atoms with E-state index < -0.39 is 69.7 Å². The van der Waals surface area contributed by atoms with Gasteiger partial charge in [-0.2, -0.15) is 0 Å². The molecule has 2 aliphatic rings. The first kappa shape index (κ1) is 38.0. The fourth-order valence-corrected chi connectivity index (χ4v) is 11.6. The van der Waals surface area contributed by atoms with Gasteiger partial charge in [0.15, 0.2) is 12.6 Å². The zero-order chi connectivity index (χ0) is 34.2. The summed E-state index contributed by atoms with van der Waals surface area (Å²) in [5.74, 6) is 0. The van der Waals surface area contributed by atoms with Crippen LogP contribution in [-0.4, -0.2) is 133 Å². The Morgan fingerprint density at radius 1 is 0.638 bits per heavy atom. The van der Waals surface area contributed by atoms with Crippen molar-refractivity contribution in [1.82, 2.24) is 0 Å². The topological polar surface area (TPSA) is 102 Å². The van der Waals surface area contributed by atoms with Crippen LogP contribution in [0.1, 0.15) is 20.8 Å². The predicted molar refractivity (Wildman–Crippen MR) is 179 cm³/mol. The number of hydrogen-bond acceptors (Lipinski definition) is 11. The molecule has 0 radical (unpaired) electrons. The van der Waals surface area contributed by atoms with Gasteiger partial charge in [-0.3, -0.25) is 0 Å². The summed E-state index contributed by atoms with van der Waals surface area (Å²) in [6.45, 7) is 7.18. The summed E-state index contributed by atoms with van der Waals surface area (Å²) >= 11 is 0. The van der Waals surface area contributed by atoms with E-state index in [1.165, 1.54) is 0 Å². The van der Waals surface area contributed by atoms with Crippen molar-refractivity contribution in [3.05, 3.63) is 60.7 Å². The van der Waals surface area contributed by atoms with Crippen LogP contribution in [0.4, 0.5) is 0 Å². The van der Waals surface area contributed by atoms with Crippen molar-refractivity contribution in [1.29, 1.82) is 0 Å². The summed E-state index contributed by atoms with van der Waals surface area (Å²) in [6.07, 6.45) is -6.18. The molecule has 10 atom stereocenters. The van der Waals surface area contributed by atoms with Gasteiger partial charge in [0.2, 0.25) is 0 Å². The van der Waals surface area contributed by atoms with E-state index in [0.29, 0.717) is 6.61 Å². The first-order valence-electron chi connectivity index (χ1n) is 16.0. The first-order chi connectivity index (χ1) is 22.6. The minimum absolute atomic E-state index is 0.181. The van der Waals surface area contributed by atoms with Crippen molar-refractivity contribution in [2.24, 2.45) is 0 Å². The molecule has 264 valence electrons. The van der Waals surface area contributed by atoms with Gasteiger partial charge in [0, 0.05) is 49.8 Å². The van der Waals surface area contributed by atoms with Crippen molar-refractivity contribution in [2.75, 3.05) is 63.0 Å². The van der Waals surface area contributed by atoms with Gasteiger partial charge in [-0.25, -0.2) is 0 Å².